The van der Waals surface area contributed by atoms with Gasteiger partial charge in [-0.1, -0.05) is 6.92 Å². The van der Waals surface area contributed by atoms with Crippen LogP contribution in [-0.4, -0.2) is 12.4 Å². The van der Waals surface area contributed by atoms with Crippen molar-refractivity contribution in [1.29, 1.82) is 5.41 Å². The molecule has 0 saturated carbocycles. The van der Waals surface area contributed by atoms with Crippen LogP contribution in [0.15, 0.2) is 0 Å². The summed E-state index contributed by atoms with van der Waals surface area (Å²) in [5.41, 5.74) is 10.2. The normalized spacial score (nSPS) is 13.4. The number of hydrogen-bond acceptors (Lipinski definition) is 2. The zero-order chi connectivity index (χ0) is 5.86. The van der Waals surface area contributed by atoms with Crippen LogP contribution in [-0.2, 0) is 0 Å². The number of amidine groups is 1. The van der Waals surface area contributed by atoms with Gasteiger partial charge in [0, 0.05) is 12.5 Å². The fourth-order valence-corrected chi connectivity index (χ4v) is 0.127. The Labute approximate surface area is 43.2 Å². The molecule has 0 bridgehead atoms. The number of hydrogen-bond donors (Lipinski definition) is 3. The minimum absolute atomic E-state index is 0.0417. The summed E-state index contributed by atoms with van der Waals surface area (Å²) in [6, 6.07) is 0. The van der Waals surface area contributed by atoms with E-state index in [4.69, 9.17) is 16.9 Å². The smallest absolute Gasteiger partial charge is 0.0946 e. The van der Waals surface area contributed by atoms with Gasteiger partial charge in [0.2, 0.25) is 0 Å². The zero-order valence-corrected chi connectivity index (χ0v) is 4.44. The Morgan fingerprint density at radius 1 is 1.86 bits per heavy atom. The molecule has 0 amide bonds. The molecule has 0 aliphatic carbocycles. The highest BCUT2D eigenvalue weighted by molar-refractivity contribution is 5.79. The van der Waals surface area contributed by atoms with Crippen molar-refractivity contribution in [2.24, 2.45) is 17.4 Å². The first-order valence-electron chi connectivity index (χ1n) is 2.22. The average Bonchev–Trinajstić information content (AvgIpc) is 1.65. The third-order valence-electron chi connectivity index (χ3n) is 0.884. The summed E-state index contributed by atoms with van der Waals surface area (Å²) in [5.74, 6) is 0.211. The molecule has 42 valence electrons. The Balaban J connectivity index is 3.34. The van der Waals surface area contributed by atoms with Gasteiger partial charge in [-0.05, 0) is 0 Å². The lowest BCUT2D eigenvalue weighted by Gasteiger charge is -2.01. The predicted octanol–water partition coefficient (Wildman–Crippen LogP) is -0.483. The maximum Gasteiger partial charge on any atom is 0.0946 e. The van der Waals surface area contributed by atoms with Crippen molar-refractivity contribution in [3.8, 4) is 0 Å². The minimum Gasteiger partial charge on any atom is -0.387 e. The van der Waals surface area contributed by atoms with Crippen LogP contribution in [0, 0.1) is 11.3 Å². The van der Waals surface area contributed by atoms with E-state index in [-0.39, 0.29) is 11.8 Å². The molecule has 0 aliphatic heterocycles. The highest BCUT2D eigenvalue weighted by Gasteiger charge is 1.98. The molecule has 1 unspecified atom stereocenters. The molecule has 0 aromatic carbocycles. The van der Waals surface area contributed by atoms with E-state index in [1.165, 1.54) is 0 Å². The summed E-state index contributed by atoms with van der Waals surface area (Å²) < 4.78 is 0. The van der Waals surface area contributed by atoms with Crippen molar-refractivity contribution in [2.45, 2.75) is 6.92 Å². The number of rotatable bonds is 2. The highest BCUT2D eigenvalue weighted by Crippen LogP contribution is 1.85. The molecule has 5 N–H and O–H groups in total. The molecule has 3 nitrogen and oxygen atoms in total. The van der Waals surface area contributed by atoms with E-state index >= 15 is 0 Å². The molecule has 0 aromatic rings. The van der Waals surface area contributed by atoms with Crippen LogP contribution in [0.3, 0.4) is 0 Å². The van der Waals surface area contributed by atoms with E-state index in [0.29, 0.717) is 6.54 Å². The fraction of sp³-hybridized carbons (Fsp3) is 0.750. The van der Waals surface area contributed by atoms with Crippen molar-refractivity contribution in [2.75, 3.05) is 6.54 Å². The molecule has 0 fully saturated rings. The van der Waals surface area contributed by atoms with Crippen molar-refractivity contribution >= 4 is 5.84 Å². The zero-order valence-electron chi connectivity index (χ0n) is 4.44. The van der Waals surface area contributed by atoms with Gasteiger partial charge in [-0.15, -0.1) is 0 Å². The maximum absolute atomic E-state index is 6.80. The summed E-state index contributed by atoms with van der Waals surface area (Å²) in [4.78, 5) is 0. The summed E-state index contributed by atoms with van der Waals surface area (Å²) in [6.45, 7) is 2.29. The van der Waals surface area contributed by atoms with Gasteiger partial charge < -0.3 is 11.5 Å². The van der Waals surface area contributed by atoms with E-state index in [2.05, 4.69) is 0 Å². The maximum atomic E-state index is 6.80. The highest BCUT2D eigenvalue weighted by atomic mass is 14.7. The van der Waals surface area contributed by atoms with E-state index in [1.807, 2.05) is 6.92 Å². The second kappa shape index (κ2) is 2.58. The molecular formula is C4H11N3. The van der Waals surface area contributed by atoms with Crippen molar-refractivity contribution in [1.82, 2.24) is 0 Å². The topological polar surface area (TPSA) is 75.9 Å². The molecule has 0 aromatic heterocycles. The van der Waals surface area contributed by atoms with Crippen LogP contribution >= 0.6 is 0 Å². The van der Waals surface area contributed by atoms with Gasteiger partial charge in [0.15, 0.2) is 0 Å². The number of nitrogens with two attached hydrogens (primary N) is 2. The van der Waals surface area contributed by atoms with Crippen LogP contribution in [0.25, 0.3) is 0 Å². The molecule has 0 spiro atoms. The van der Waals surface area contributed by atoms with Gasteiger partial charge in [-0.25, -0.2) is 0 Å². The quantitative estimate of drug-likeness (QED) is 0.324. The van der Waals surface area contributed by atoms with Crippen molar-refractivity contribution in [3.05, 3.63) is 0 Å². The minimum atomic E-state index is 0.0417. The summed E-state index contributed by atoms with van der Waals surface area (Å²) in [6.07, 6.45) is 0. The Morgan fingerprint density at radius 2 is 2.29 bits per heavy atom. The average molecular weight is 101 g/mol. The second-order valence-electron chi connectivity index (χ2n) is 1.59. The molecule has 7 heavy (non-hydrogen) atoms. The van der Waals surface area contributed by atoms with Crippen molar-refractivity contribution in [3.63, 3.8) is 0 Å². The Bertz CT molecular complexity index is 69.3. The van der Waals surface area contributed by atoms with Gasteiger partial charge in [0.25, 0.3) is 0 Å². The van der Waals surface area contributed by atoms with Crippen LogP contribution in [0.2, 0.25) is 0 Å². The first-order chi connectivity index (χ1) is 3.18. The molecule has 0 saturated heterocycles. The fourth-order valence-electron chi connectivity index (χ4n) is 0.127. The van der Waals surface area contributed by atoms with Gasteiger partial charge in [0.05, 0.1) is 5.84 Å². The molecule has 0 radical (unpaired) electrons. The van der Waals surface area contributed by atoms with Crippen LogP contribution in [0.4, 0.5) is 0 Å². The Hall–Kier alpha value is -0.570. The lowest BCUT2D eigenvalue weighted by molar-refractivity contribution is 0.770. The third-order valence-corrected chi connectivity index (χ3v) is 0.884. The second-order valence-corrected chi connectivity index (χ2v) is 1.59. The van der Waals surface area contributed by atoms with Crippen LogP contribution in [0.5, 0.6) is 0 Å². The van der Waals surface area contributed by atoms with Gasteiger partial charge in [-0.3, -0.25) is 5.41 Å². The summed E-state index contributed by atoms with van der Waals surface area (Å²) >= 11 is 0. The Kier molecular flexibility index (Phi) is 2.37. The monoisotopic (exact) mass is 101 g/mol. The van der Waals surface area contributed by atoms with Crippen LogP contribution in [0.1, 0.15) is 6.92 Å². The SMILES string of the molecule is CC(CN)C(=N)N. The van der Waals surface area contributed by atoms with E-state index < -0.39 is 0 Å². The summed E-state index contributed by atoms with van der Waals surface area (Å²) in [7, 11) is 0. The molecule has 0 rings (SSSR count). The summed E-state index contributed by atoms with van der Waals surface area (Å²) in [5, 5.41) is 6.80. The lowest BCUT2D eigenvalue weighted by Crippen LogP contribution is -2.26. The van der Waals surface area contributed by atoms with E-state index in [9.17, 15) is 0 Å². The largest absolute Gasteiger partial charge is 0.387 e. The van der Waals surface area contributed by atoms with Gasteiger partial charge in [-0.2, -0.15) is 0 Å². The molecule has 0 aliphatic rings. The third kappa shape index (κ3) is 2.17. The first kappa shape index (κ1) is 6.43. The van der Waals surface area contributed by atoms with Crippen molar-refractivity contribution < 1.29 is 0 Å². The van der Waals surface area contributed by atoms with Crippen LogP contribution < -0.4 is 11.5 Å². The van der Waals surface area contributed by atoms with E-state index in [0.717, 1.165) is 0 Å². The molecule has 3 heteroatoms. The molecular weight excluding hydrogens is 90.1 g/mol. The van der Waals surface area contributed by atoms with Gasteiger partial charge >= 0.3 is 0 Å². The molecule has 0 heterocycles. The Morgan fingerprint density at radius 3 is 2.29 bits per heavy atom. The lowest BCUT2D eigenvalue weighted by atomic mass is 10.2. The predicted molar refractivity (Wildman–Crippen MR) is 30.1 cm³/mol. The molecule has 1 atom stereocenters. The van der Waals surface area contributed by atoms with Gasteiger partial charge in [0.1, 0.15) is 0 Å². The van der Waals surface area contributed by atoms with E-state index in [1.54, 1.807) is 0 Å². The standard InChI is InChI=1S/C4H11N3/c1-3(2-5)4(6)7/h3H,2,5H2,1H3,(H3,6,7). The first-order valence-corrected chi connectivity index (χ1v) is 2.22. The number of nitrogens with one attached hydrogen (secondary N) is 1.